The molecule has 0 bridgehead atoms. The largest absolute Gasteiger partial charge is 0.494 e. The van der Waals surface area contributed by atoms with E-state index in [2.05, 4.69) is 45.1 Å². The van der Waals surface area contributed by atoms with E-state index in [1.807, 2.05) is 25.3 Å². The van der Waals surface area contributed by atoms with E-state index >= 15 is 0 Å². The lowest BCUT2D eigenvalue weighted by molar-refractivity contribution is 0.419. The first-order valence-corrected chi connectivity index (χ1v) is 7.99. The van der Waals surface area contributed by atoms with E-state index in [4.69, 9.17) is 4.74 Å². The van der Waals surface area contributed by atoms with Gasteiger partial charge in [0.05, 0.1) is 12.6 Å². The van der Waals surface area contributed by atoms with Crippen LogP contribution in [0.5, 0.6) is 5.75 Å². The van der Waals surface area contributed by atoms with Crippen LogP contribution in [0.3, 0.4) is 0 Å². The standard InChI is InChI=1S/C19H18N4O/c1-4-17-22-15-9-12(10-20-19(15)23-17)13-7-8-16(24-3)18-14(13)6-5-11(2)21-18/h5-10H,4H2,1-3H3,(H,20,22,23). The SMILES string of the molecule is CCc1nc2ncc(-c3ccc(OC)c4nc(C)ccc34)cc2[nH]1. The zero-order chi connectivity index (χ0) is 16.7. The third-order valence-corrected chi connectivity index (χ3v) is 4.21. The minimum atomic E-state index is 0.752. The molecule has 3 heterocycles. The number of methoxy groups -OCH3 is 1. The molecule has 3 aromatic heterocycles. The molecule has 24 heavy (non-hydrogen) atoms. The van der Waals surface area contributed by atoms with Gasteiger partial charge in [-0.3, -0.25) is 0 Å². The quantitative estimate of drug-likeness (QED) is 0.619. The van der Waals surface area contributed by atoms with Gasteiger partial charge >= 0.3 is 0 Å². The second-order valence-electron chi connectivity index (χ2n) is 5.80. The molecule has 4 aromatic rings. The Morgan fingerprint density at radius 2 is 2.00 bits per heavy atom. The molecule has 0 aliphatic carbocycles. The molecular weight excluding hydrogens is 300 g/mol. The van der Waals surface area contributed by atoms with Crippen LogP contribution in [-0.2, 0) is 6.42 Å². The van der Waals surface area contributed by atoms with Crippen molar-refractivity contribution in [2.75, 3.05) is 7.11 Å². The highest BCUT2D eigenvalue weighted by Crippen LogP contribution is 2.34. The van der Waals surface area contributed by atoms with E-state index in [-0.39, 0.29) is 0 Å². The molecule has 0 radical (unpaired) electrons. The van der Waals surface area contributed by atoms with Crippen LogP contribution in [-0.4, -0.2) is 27.0 Å². The Kier molecular flexibility index (Phi) is 3.41. The van der Waals surface area contributed by atoms with Gasteiger partial charge in [0.2, 0.25) is 0 Å². The molecule has 4 rings (SSSR count). The summed E-state index contributed by atoms with van der Waals surface area (Å²) in [6, 6.07) is 10.2. The van der Waals surface area contributed by atoms with E-state index in [9.17, 15) is 0 Å². The fraction of sp³-hybridized carbons (Fsp3) is 0.211. The lowest BCUT2D eigenvalue weighted by Gasteiger charge is -2.10. The summed E-state index contributed by atoms with van der Waals surface area (Å²) in [5.74, 6) is 1.73. The van der Waals surface area contributed by atoms with Crippen molar-refractivity contribution in [1.82, 2.24) is 19.9 Å². The molecule has 1 N–H and O–H groups in total. The summed E-state index contributed by atoms with van der Waals surface area (Å²) >= 11 is 0. The Morgan fingerprint density at radius 1 is 1.12 bits per heavy atom. The highest BCUT2D eigenvalue weighted by atomic mass is 16.5. The number of imidazole rings is 1. The van der Waals surface area contributed by atoms with Crippen molar-refractivity contribution in [2.24, 2.45) is 0 Å². The van der Waals surface area contributed by atoms with Crippen LogP contribution in [0.15, 0.2) is 36.5 Å². The molecule has 120 valence electrons. The normalized spacial score (nSPS) is 11.3. The fourth-order valence-corrected chi connectivity index (χ4v) is 2.97. The van der Waals surface area contributed by atoms with Gasteiger partial charge in [0.25, 0.3) is 0 Å². The third kappa shape index (κ3) is 2.29. The number of aromatic amines is 1. The summed E-state index contributed by atoms with van der Waals surface area (Å²) in [4.78, 5) is 16.9. The summed E-state index contributed by atoms with van der Waals surface area (Å²) in [5, 5.41) is 1.05. The maximum absolute atomic E-state index is 5.47. The highest BCUT2D eigenvalue weighted by molar-refractivity contribution is 5.98. The molecular formula is C19H18N4O. The number of aryl methyl sites for hydroxylation is 2. The average molecular weight is 318 g/mol. The van der Waals surface area contributed by atoms with Crippen molar-refractivity contribution in [1.29, 1.82) is 0 Å². The highest BCUT2D eigenvalue weighted by Gasteiger charge is 2.12. The van der Waals surface area contributed by atoms with Gasteiger partial charge < -0.3 is 9.72 Å². The summed E-state index contributed by atoms with van der Waals surface area (Å²) in [6.45, 7) is 4.06. The number of aromatic nitrogens is 4. The van der Waals surface area contributed by atoms with E-state index in [0.29, 0.717) is 0 Å². The number of benzene rings is 1. The fourth-order valence-electron chi connectivity index (χ4n) is 2.97. The molecule has 0 atom stereocenters. The van der Waals surface area contributed by atoms with Crippen LogP contribution in [0, 0.1) is 6.92 Å². The number of rotatable bonds is 3. The van der Waals surface area contributed by atoms with Crippen LogP contribution in [0.4, 0.5) is 0 Å². The molecule has 0 spiro atoms. The lowest BCUT2D eigenvalue weighted by Crippen LogP contribution is -1.92. The smallest absolute Gasteiger partial charge is 0.177 e. The number of pyridine rings is 2. The molecule has 0 saturated carbocycles. The number of H-pyrrole nitrogens is 1. The van der Waals surface area contributed by atoms with Gasteiger partial charge in [-0.25, -0.2) is 15.0 Å². The Balaban J connectivity index is 1.96. The number of hydrogen-bond acceptors (Lipinski definition) is 4. The van der Waals surface area contributed by atoms with E-state index in [0.717, 1.165) is 56.9 Å². The van der Waals surface area contributed by atoms with Crippen LogP contribution >= 0.6 is 0 Å². The zero-order valence-electron chi connectivity index (χ0n) is 13.9. The molecule has 0 saturated heterocycles. The zero-order valence-corrected chi connectivity index (χ0v) is 13.9. The predicted octanol–water partition coefficient (Wildman–Crippen LogP) is 4.05. The molecule has 5 heteroatoms. The molecule has 1 aromatic carbocycles. The van der Waals surface area contributed by atoms with Gasteiger partial charge in [-0.2, -0.15) is 0 Å². The number of hydrogen-bond donors (Lipinski definition) is 1. The van der Waals surface area contributed by atoms with Gasteiger partial charge in [0.15, 0.2) is 5.65 Å². The summed E-state index contributed by atoms with van der Waals surface area (Å²) in [7, 11) is 1.67. The van der Waals surface area contributed by atoms with Crippen LogP contribution in [0.2, 0.25) is 0 Å². The van der Waals surface area contributed by atoms with Gasteiger partial charge in [-0.15, -0.1) is 0 Å². The van der Waals surface area contributed by atoms with Gasteiger partial charge in [0, 0.05) is 29.3 Å². The lowest BCUT2D eigenvalue weighted by atomic mass is 10.0. The van der Waals surface area contributed by atoms with E-state index < -0.39 is 0 Å². The molecule has 0 aliphatic rings. The number of ether oxygens (including phenoxy) is 1. The average Bonchev–Trinajstić information content (AvgIpc) is 3.03. The van der Waals surface area contributed by atoms with Crippen LogP contribution in [0.25, 0.3) is 33.2 Å². The number of nitrogens with zero attached hydrogens (tertiary/aromatic N) is 3. The maximum atomic E-state index is 5.47. The van der Waals surface area contributed by atoms with Gasteiger partial charge in [-0.05, 0) is 36.8 Å². The van der Waals surface area contributed by atoms with Gasteiger partial charge in [0.1, 0.15) is 17.1 Å². The molecule has 0 aliphatic heterocycles. The van der Waals surface area contributed by atoms with Crippen molar-refractivity contribution >= 4 is 22.1 Å². The topological polar surface area (TPSA) is 63.7 Å². The number of fused-ring (bicyclic) bond motifs is 2. The van der Waals surface area contributed by atoms with Crippen LogP contribution in [0.1, 0.15) is 18.4 Å². The molecule has 5 nitrogen and oxygen atoms in total. The summed E-state index contributed by atoms with van der Waals surface area (Å²) in [6.07, 6.45) is 2.73. The van der Waals surface area contributed by atoms with Crippen molar-refractivity contribution in [2.45, 2.75) is 20.3 Å². The van der Waals surface area contributed by atoms with E-state index in [1.54, 1.807) is 7.11 Å². The first-order chi connectivity index (χ1) is 11.7. The first-order valence-electron chi connectivity index (χ1n) is 7.99. The Labute approximate surface area is 139 Å². The Morgan fingerprint density at radius 3 is 2.79 bits per heavy atom. The van der Waals surface area contributed by atoms with Crippen molar-refractivity contribution in [3.8, 4) is 16.9 Å². The monoisotopic (exact) mass is 318 g/mol. The Hall–Kier alpha value is -2.95. The molecule has 0 fully saturated rings. The third-order valence-electron chi connectivity index (χ3n) is 4.21. The second-order valence-corrected chi connectivity index (χ2v) is 5.80. The molecule has 0 amide bonds. The van der Waals surface area contributed by atoms with E-state index in [1.165, 1.54) is 0 Å². The summed E-state index contributed by atoms with van der Waals surface area (Å²) < 4.78 is 5.47. The second kappa shape index (κ2) is 5.60. The summed E-state index contributed by atoms with van der Waals surface area (Å²) in [5.41, 5.74) is 5.66. The molecule has 0 unspecified atom stereocenters. The first kappa shape index (κ1) is 14.6. The number of nitrogens with one attached hydrogen (secondary N) is 1. The van der Waals surface area contributed by atoms with Gasteiger partial charge in [-0.1, -0.05) is 13.0 Å². The predicted molar refractivity (Wildman–Crippen MR) is 95.3 cm³/mol. The minimum absolute atomic E-state index is 0.752. The Bertz CT molecular complexity index is 1050. The van der Waals surface area contributed by atoms with Crippen molar-refractivity contribution < 1.29 is 4.74 Å². The van der Waals surface area contributed by atoms with Crippen molar-refractivity contribution in [3.63, 3.8) is 0 Å². The van der Waals surface area contributed by atoms with Crippen LogP contribution < -0.4 is 4.74 Å². The maximum Gasteiger partial charge on any atom is 0.177 e. The van der Waals surface area contributed by atoms with Crippen molar-refractivity contribution in [3.05, 3.63) is 48.0 Å². The minimum Gasteiger partial charge on any atom is -0.494 e.